The van der Waals surface area contributed by atoms with Gasteiger partial charge in [0.05, 0.1) is 6.61 Å². The van der Waals surface area contributed by atoms with Crippen LogP contribution in [0.3, 0.4) is 0 Å². The molecule has 9 heteroatoms. The number of piperidine rings is 1. The van der Waals surface area contributed by atoms with Gasteiger partial charge in [0.1, 0.15) is 16.3 Å². The summed E-state index contributed by atoms with van der Waals surface area (Å²) < 4.78 is 38.1. The second-order valence-electron chi connectivity index (χ2n) is 8.07. The summed E-state index contributed by atoms with van der Waals surface area (Å²) in [6, 6.07) is 5.99. The summed E-state index contributed by atoms with van der Waals surface area (Å²) in [6.07, 6.45) is 2.15. The zero-order chi connectivity index (χ0) is 22.6. The number of sulfonamides is 1. The summed E-state index contributed by atoms with van der Waals surface area (Å²) in [6.45, 7) is 8.43. The van der Waals surface area contributed by atoms with Crippen molar-refractivity contribution in [2.45, 2.75) is 64.3 Å². The third-order valence-corrected chi connectivity index (χ3v) is 7.73. The molecular weight excluding hydrogens is 418 g/mol. The molecule has 1 saturated heterocycles. The molecule has 1 aromatic heterocycles. The van der Waals surface area contributed by atoms with E-state index in [1.165, 1.54) is 4.31 Å². The maximum absolute atomic E-state index is 12.9. The first-order chi connectivity index (χ1) is 14.7. The van der Waals surface area contributed by atoms with Crippen LogP contribution in [0.1, 0.15) is 48.3 Å². The van der Waals surface area contributed by atoms with Crippen LogP contribution >= 0.6 is 0 Å². The molecule has 1 N–H and O–H groups in total. The van der Waals surface area contributed by atoms with Gasteiger partial charge in [-0.25, -0.2) is 8.42 Å². The minimum atomic E-state index is -3.64. The van der Waals surface area contributed by atoms with E-state index in [1.54, 1.807) is 13.8 Å². The first-order valence-corrected chi connectivity index (χ1v) is 12.1. The molecule has 31 heavy (non-hydrogen) atoms. The quantitative estimate of drug-likeness (QED) is 0.622. The zero-order valence-corrected chi connectivity index (χ0v) is 19.4. The largest absolute Gasteiger partial charge is 0.493 e. The highest BCUT2D eigenvalue weighted by atomic mass is 32.2. The molecule has 0 unspecified atom stereocenters. The van der Waals surface area contributed by atoms with Crippen LogP contribution in [0.15, 0.2) is 27.6 Å². The van der Waals surface area contributed by atoms with E-state index in [9.17, 15) is 13.2 Å². The molecule has 2 aromatic rings. The van der Waals surface area contributed by atoms with E-state index in [1.807, 2.05) is 32.0 Å². The van der Waals surface area contributed by atoms with E-state index in [2.05, 4.69) is 10.5 Å². The number of rotatable bonds is 8. The first kappa shape index (κ1) is 23.3. The molecule has 1 aromatic carbocycles. The number of ether oxygens (including phenoxy) is 1. The van der Waals surface area contributed by atoms with Crippen LogP contribution in [0, 0.1) is 27.7 Å². The van der Waals surface area contributed by atoms with Gasteiger partial charge >= 0.3 is 0 Å². The molecule has 1 fully saturated rings. The SMILES string of the molecule is Cc1cccc(C)c1OCCCC(=O)NC1CCN(S(=O)(=O)c2c(C)noc2C)CC1. The second-order valence-corrected chi connectivity index (χ2v) is 9.95. The van der Waals surface area contributed by atoms with Crippen LogP contribution in [0.2, 0.25) is 0 Å². The van der Waals surface area contributed by atoms with Gasteiger partial charge in [-0.2, -0.15) is 4.31 Å². The smallest absolute Gasteiger partial charge is 0.248 e. The first-order valence-electron chi connectivity index (χ1n) is 10.6. The van der Waals surface area contributed by atoms with Crippen molar-refractivity contribution >= 4 is 15.9 Å². The Morgan fingerprint density at radius 1 is 1.19 bits per heavy atom. The molecule has 0 aliphatic carbocycles. The van der Waals surface area contributed by atoms with Crippen molar-refractivity contribution in [3.05, 3.63) is 40.8 Å². The van der Waals surface area contributed by atoms with Crippen molar-refractivity contribution in [3.63, 3.8) is 0 Å². The number of aromatic nitrogens is 1. The summed E-state index contributed by atoms with van der Waals surface area (Å²) in [5, 5.41) is 6.77. The molecule has 1 aliphatic rings. The van der Waals surface area contributed by atoms with Gasteiger partial charge in [0.15, 0.2) is 5.76 Å². The lowest BCUT2D eigenvalue weighted by atomic mass is 10.1. The molecule has 0 saturated carbocycles. The Morgan fingerprint density at radius 3 is 2.42 bits per heavy atom. The Bertz CT molecular complexity index is 984. The summed E-state index contributed by atoms with van der Waals surface area (Å²) >= 11 is 0. The number of carbonyl (C=O) groups is 1. The van der Waals surface area contributed by atoms with Gasteiger partial charge in [-0.15, -0.1) is 0 Å². The second kappa shape index (κ2) is 9.82. The molecule has 0 bridgehead atoms. The van der Waals surface area contributed by atoms with Gasteiger partial charge in [-0.3, -0.25) is 4.79 Å². The van der Waals surface area contributed by atoms with Crippen LogP contribution in [0.25, 0.3) is 0 Å². The molecule has 8 nitrogen and oxygen atoms in total. The van der Waals surface area contributed by atoms with Gasteiger partial charge in [-0.05, 0) is 58.1 Å². The molecule has 3 rings (SSSR count). The number of aryl methyl sites for hydroxylation is 4. The van der Waals surface area contributed by atoms with Crippen molar-refractivity contribution in [1.82, 2.24) is 14.8 Å². The van der Waals surface area contributed by atoms with Crippen LogP contribution in [0.5, 0.6) is 5.75 Å². The molecular formula is C22H31N3O5S. The highest BCUT2D eigenvalue weighted by molar-refractivity contribution is 7.89. The van der Waals surface area contributed by atoms with Gasteiger partial charge < -0.3 is 14.6 Å². The van der Waals surface area contributed by atoms with Crippen LogP contribution in [-0.4, -0.2) is 49.5 Å². The minimum absolute atomic E-state index is 0.0249. The van der Waals surface area contributed by atoms with E-state index in [0.717, 1.165) is 16.9 Å². The number of hydrogen-bond acceptors (Lipinski definition) is 6. The lowest BCUT2D eigenvalue weighted by Gasteiger charge is -2.31. The Morgan fingerprint density at radius 2 is 1.84 bits per heavy atom. The normalized spacial score (nSPS) is 15.7. The van der Waals surface area contributed by atoms with E-state index in [0.29, 0.717) is 56.8 Å². The average molecular weight is 450 g/mol. The van der Waals surface area contributed by atoms with Crippen molar-refractivity contribution < 1.29 is 22.5 Å². The third kappa shape index (κ3) is 5.46. The molecule has 1 amide bonds. The lowest BCUT2D eigenvalue weighted by molar-refractivity contribution is -0.122. The summed E-state index contributed by atoms with van der Waals surface area (Å²) in [4.78, 5) is 12.4. The number of nitrogens with one attached hydrogen (secondary N) is 1. The van der Waals surface area contributed by atoms with Crippen LogP contribution in [0.4, 0.5) is 0 Å². The number of hydrogen-bond donors (Lipinski definition) is 1. The maximum Gasteiger partial charge on any atom is 0.248 e. The highest BCUT2D eigenvalue weighted by Gasteiger charge is 2.34. The van der Waals surface area contributed by atoms with Gasteiger partial charge in [0.2, 0.25) is 15.9 Å². The van der Waals surface area contributed by atoms with Gasteiger partial charge in [0, 0.05) is 25.6 Å². The van der Waals surface area contributed by atoms with E-state index in [-0.39, 0.29) is 16.8 Å². The van der Waals surface area contributed by atoms with Crippen molar-refractivity contribution in [2.24, 2.45) is 0 Å². The molecule has 170 valence electrons. The summed E-state index contributed by atoms with van der Waals surface area (Å²) in [5.74, 6) is 1.16. The van der Waals surface area contributed by atoms with Crippen molar-refractivity contribution in [1.29, 1.82) is 0 Å². The number of carbonyl (C=O) groups excluding carboxylic acids is 1. The fourth-order valence-corrected chi connectivity index (χ4v) is 5.71. The molecule has 0 radical (unpaired) electrons. The monoisotopic (exact) mass is 449 g/mol. The van der Waals surface area contributed by atoms with Crippen LogP contribution in [-0.2, 0) is 14.8 Å². The standard InChI is InChI=1S/C22H31N3O5S/c1-15-7-5-8-16(2)21(15)29-14-6-9-20(26)23-19-10-12-25(13-11-19)31(27,28)22-17(3)24-30-18(22)4/h5,7-8,19H,6,9-14H2,1-4H3,(H,23,26). The predicted molar refractivity (Wildman–Crippen MR) is 117 cm³/mol. The third-order valence-electron chi connectivity index (χ3n) is 5.59. The summed E-state index contributed by atoms with van der Waals surface area (Å²) in [5.41, 5.74) is 2.54. The highest BCUT2D eigenvalue weighted by Crippen LogP contribution is 2.26. The lowest BCUT2D eigenvalue weighted by Crippen LogP contribution is -2.46. The number of benzene rings is 1. The van der Waals surface area contributed by atoms with Gasteiger partial charge in [-0.1, -0.05) is 23.4 Å². The predicted octanol–water partition coefficient (Wildman–Crippen LogP) is 3.04. The molecule has 2 heterocycles. The average Bonchev–Trinajstić information content (AvgIpc) is 3.06. The van der Waals surface area contributed by atoms with E-state index < -0.39 is 10.0 Å². The molecule has 0 spiro atoms. The fraction of sp³-hybridized carbons (Fsp3) is 0.545. The van der Waals surface area contributed by atoms with E-state index in [4.69, 9.17) is 9.26 Å². The van der Waals surface area contributed by atoms with Crippen molar-refractivity contribution in [3.8, 4) is 5.75 Å². The molecule has 1 aliphatic heterocycles. The Labute approximate surface area is 184 Å². The minimum Gasteiger partial charge on any atom is -0.493 e. The zero-order valence-electron chi connectivity index (χ0n) is 18.6. The molecule has 0 atom stereocenters. The van der Waals surface area contributed by atoms with Crippen molar-refractivity contribution in [2.75, 3.05) is 19.7 Å². The topological polar surface area (TPSA) is 102 Å². The number of amides is 1. The Balaban J connectivity index is 1.42. The Kier molecular flexibility index (Phi) is 7.38. The van der Waals surface area contributed by atoms with Gasteiger partial charge in [0.25, 0.3) is 0 Å². The van der Waals surface area contributed by atoms with E-state index >= 15 is 0 Å². The fourth-order valence-electron chi connectivity index (χ4n) is 3.95. The Hall–Kier alpha value is -2.39. The van der Waals surface area contributed by atoms with Crippen LogP contribution < -0.4 is 10.1 Å². The number of para-hydroxylation sites is 1. The summed E-state index contributed by atoms with van der Waals surface area (Å²) in [7, 11) is -3.64. The number of nitrogens with zero attached hydrogens (tertiary/aromatic N) is 2. The maximum atomic E-state index is 12.9.